The van der Waals surface area contributed by atoms with Crippen molar-refractivity contribution in [2.45, 2.75) is 64.5 Å². The quantitative estimate of drug-likeness (QED) is 0.763. The number of hydrogen-bond donors (Lipinski definition) is 1. The van der Waals surface area contributed by atoms with E-state index in [1.54, 1.807) is 0 Å². The molecule has 1 unspecified atom stereocenters. The smallest absolute Gasteiger partial charge is 0.317 e. The Kier molecular flexibility index (Phi) is 4.92. The van der Waals surface area contributed by atoms with Crippen LogP contribution in [-0.2, 0) is 0 Å². The molecule has 3 heteroatoms. The molecule has 0 spiro atoms. The highest BCUT2D eigenvalue weighted by Crippen LogP contribution is 2.18. The van der Waals surface area contributed by atoms with E-state index in [0.717, 1.165) is 25.7 Å². The third-order valence-electron chi connectivity index (χ3n) is 3.37. The Balaban J connectivity index is 2.31. The second kappa shape index (κ2) is 5.99. The summed E-state index contributed by atoms with van der Waals surface area (Å²) >= 11 is 0. The van der Waals surface area contributed by atoms with Gasteiger partial charge in [-0.3, -0.25) is 0 Å². The topological polar surface area (TPSA) is 32.3 Å². The Labute approximate surface area is 93.2 Å². The van der Waals surface area contributed by atoms with E-state index in [2.05, 4.69) is 19.2 Å². The van der Waals surface area contributed by atoms with Crippen LogP contribution in [0.3, 0.4) is 0 Å². The lowest BCUT2D eigenvalue weighted by atomic mass is 10.2. The van der Waals surface area contributed by atoms with Crippen LogP contribution in [0.5, 0.6) is 0 Å². The number of carbonyl (C=O) groups excluding carboxylic acids is 1. The van der Waals surface area contributed by atoms with Gasteiger partial charge in [0.15, 0.2) is 0 Å². The zero-order valence-electron chi connectivity index (χ0n) is 10.3. The average Bonchev–Trinajstić information content (AvgIpc) is 2.69. The molecule has 0 aromatic carbocycles. The van der Waals surface area contributed by atoms with Crippen molar-refractivity contribution in [1.82, 2.24) is 10.2 Å². The fraction of sp³-hybridized carbons (Fsp3) is 0.917. The highest BCUT2D eigenvalue weighted by molar-refractivity contribution is 5.74. The van der Waals surface area contributed by atoms with Crippen molar-refractivity contribution in [2.75, 3.05) is 7.05 Å². The largest absolute Gasteiger partial charge is 0.335 e. The van der Waals surface area contributed by atoms with Crippen molar-refractivity contribution in [3.63, 3.8) is 0 Å². The van der Waals surface area contributed by atoms with Gasteiger partial charge in [-0.05, 0) is 26.2 Å². The van der Waals surface area contributed by atoms with Crippen molar-refractivity contribution in [2.24, 2.45) is 0 Å². The summed E-state index contributed by atoms with van der Waals surface area (Å²) < 4.78 is 0. The van der Waals surface area contributed by atoms with Crippen molar-refractivity contribution in [3.05, 3.63) is 0 Å². The molecule has 1 atom stereocenters. The van der Waals surface area contributed by atoms with E-state index in [1.807, 2.05) is 11.9 Å². The molecule has 1 aliphatic carbocycles. The number of rotatable bonds is 4. The summed E-state index contributed by atoms with van der Waals surface area (Å²) in [6.07, 6.45) is 7.04. The summed E-state index contributed by atoms with van der Waals surface area (Å²) in [6, 6.07) is 0.869. The van der Waals surface area contributed by atoms with Gasteiger partial charge in [0.1, 0.15) is 0 Å². The van der Waals surface area contributed by atoms with E-state index in [9.17, 15) is 4.79 Å². The predicted octanol–water partition coefficient (Wildman–Crippen LogP) is 2.76. The highest BCUT2D eigenvalue weighted by atomic mass is 16.2. The Bertz CT molecular complexity index is 200. The fourth-order valence-electron chi connectivity index (χ4n) is 2.16. The van der Waals surface area contributed by atoms with E-state index >= 15 is 0 Å². The SMILES string of the molecule is CCCC(C)N(C)C(=O)NC1CCCC1. The number of nitrogens with zero attached hydrogens (tertiary/aromatic N) is 1. The molecule has 0 bridgehead atoms. The summed E-state index contributed by atoms with van der Waals surface area (Å²) in [5.41, 5.74) is 0. The van der Waals surface area contributed by atoms with Gasteiger partial charge < -0.3 is 10.2 Å². The van der Waals surface area contributed by atoms with Gasteiger partial charge in [0, 0.05) is 19.1 Å². The molecule has 1 rings (SSSR count). The molecular weight excluding hydrogens is 188 g/mol. The first-order valence-electron chi connectivity index (χ1n) is 6.18. The van der Waals surface area contributed by atoms with Crippen molar-refractivity contribution >= 4 is 6.03 Å². The molecule has 0 saturated heterocycles. The van der Waals surface area contributed by atoms with E-state index < -0.39 is 0 Å². The molecule has 0 aliphatic heterocycles. The molecule has 0 radical (unpaired) electrons. The van der Waals surface area contributed by atoms with Gasteiger partial charge in [-0.1, -0.05) is 26.2 Å². The monoisotopic (exact) mass is 212 g/mol. The lowest BCUT2D eigenvalue weighted by Gasteiger charge is -2.26. The number of amides is 2. The van der Waals surface area contributed by atoms with Crippen LogP contribution in [-0.4, -0.2) is 30.1 Å². The van der Waals surface area contributed by atoms with Gasteiger partial charge in [0.2, 0.25) is 0 Å². The minimum absolute atomic E-state index is 0.0999. The van der Waals surface area contributed by atoms with Crippen LogP contribution < -0.4 is 5.32 Å². The van der Waals surface area contributed by atoms with Gasteiger partial charge in [-0.15, -0.1) is 0 Å². The predicted molar refractivity (Wildman–Crippen MR) is 62.9 cm³/mol. The molecule has 0 heterocycles. The molecule has 88 valence electrons. The first kappa shape index (κ1) is 12.3. The first-order chi connectivity index (χ1) is 7.15. The van der Waals surface area contributed by atoms with Crippen LogP contribution in [0.2, 0.25) is 0 Å². The third kappa shape index (κ3) is 3.73. The van der Waals surface area contributed by atoms with Crippen LogP contribution in [0.1, 0.15) is 52.4 Å². The zero-order chi connectivity index (χ0) is 11.3. The number of urea groups is 1. The molecule has 1 saturated carbocycles. The standard InChI is InChI=1S/C12H24N2O/c1-4-7-10(2)14(3)12(15)13-11-8-5-6-9-11/h10-11H,4-9H2,1-3H3,(H,13,15). The zero-order valence-corrected chi connectivity index (χ0v) is 10.3. The van der Waals surface area contributed by atoms with Crippen LogP contribution in [0.15, 0.2) is 0 Å². The van der Waals surface area contributed by atoms with Crippen LogP contribution in [0.25, 0.3) is 0 Å². The summed E-state index contributed by atoms with van der Waals surface area (Å²) in [5.74, 6) is 0. The first-order valence-corrected chi connectivity index (χ1v) is 6.18. The Morgan fingerprint density at radius 2 is 2.07 bits per heavy atom. The number of hydrogen-bond acceptors (Lipinski definition) is 1. The highest BCUT2D eigenvalue weighted by Gasteiger charge is 2.20. The molecule has 15 heavy (non-hydrogen) atoms. The van der Waals surface area contributed by atoms with E-state index in [-0.39, 0.29) is 6.03 Å². The maximum atomic E-state index is 11.8. The summed E-state index contributed by atoms with van der Waals surface area (Å²) in [7, 11) is 1.89. The molecule has 2 amide bonds. The van der Waals surface area contributed by atoms with Gasteiger partial charge in [0.25, 0.3) is 0 Å². The van der Waals surface area contributed by atoms with E-state index in [0.29, 0.717) is 12.1 Å². The lowest BCUT2D eigenvalue weighted by Crippen LogP contribution is -2.45. The molecule has 1 aliphatic rings. The second-order valence-electron chi connectivity index (χ2n) is 4.68. The average molecular weight is 212 g/mol. The lowest BCUT2D eigenvalue weighted by molar-refractivity contribution is 0.187. The summed E-state index contributed by atoms with van der Waals surface area (Å²) in [4.78, 5) is 13.7. The third-order valence-corrected chi connectivity index (χ3v) is 3.37. The summed E-state index contributed by atoms with van der Waals surface area (Å²) in [5, 5.41) is 3.10. The summed E-state index contributed by atoms with van der Waals surface area (Å²) in [6.45, 7) is 4.26. The molecular formula is C12H24N2O. The Hall–Kier alpha value is -0.730. The normalized spacial score (nSPS) is 18.9. The van der Waals surface area contributed by atoms with Gasteiger partial charge >= 0.3 is 6.03 Å². The Morgan fingerprint density at radius 3 is 2.60 bits per heavy atom. The molecule has 3 nitrogen and oxygen atoms in total. The molecule has 0 aromatic rings. The second-order valence-corrected chi connectivity index (χ2v) is 4.68. The van der Waals surface area contributed by atoms with Crippen molar-refractivity contribution < 1.29 is 4.79 Å². The fourth-order valence-corrected chi connectivity index (χ4v) is 2.16. The molecule has 1 fully saturated rings. The maximum Gasteiger partial charge on any atom is 0.317 e. The van der Waals surface area contributed by atoms with Gasteiger partial charge in [-0.2, -0.15) is 0 Å². The van der Waals surface area contributed by atoms with Crippen LogP contribution in [0.4, 0.5) is 4.79 Å². The minimum atomic E-state index is 0.0999. The Morgan fingerprint density at radius 1 is 1.47 bits per heavy atom. The van der Waals surface area contributed by atoms with Gasteiger partial charge in [0.05, 0.1) is 0 Å². The van der Waals surface area contributed by atoms with E-state index in [4.69, 9.17) is 0 Å². The number of carbonyl (C=O) groups is 1. The minimum Gasteiger partial charge on any atom is -0.335 e. The van der Waals surface area contributed by atoms with Crippen molar-refractivity contribution in [1.29, 1.82) is 0 Å². The van der Waals surface area contributed by atoms with Gasteiger partial charge in [-0.25, -0.2) is 4.79 Å². The van der Waals surface area contributed by atoms with E-state index in [1.165, 1.54) is 12.8 Å². The molecule has 0 aromatic heterocycles. The maximum absolute atomic E-state index is 11.8. The van der Waals surface area contributed by atoms with Crippen LogP contribution >= 0.6 is 0 Å². The van der Waals surface area contributed by atoms with Crippen molar-refractivity contribution in [3.8, 4) is 0 Å². The molecule has 1 N–H and O–H groups in total. The number of nitrogens with one attached hydrogen (secondary N) is 1. The van der Waals surface area contributed by atoms with Crippen LogP contribution in [0, 0.1) is 0 Å².